The predicted molar refractivity (Wildman–Crippen MR) is 82.1 cm³/mol. The van der Waals surface area contributed by atoms with Crippen molar-refractivity contribution in [3.05, 3.63) is 36.5 Å². The van der Waals surface area contributed by atoms with Crippen LogP contribution in [0.5, 0.6) is 0 Å². The minimum Gasteiger partial charge on any atom is -0.384 e. The van der Waals surface area contributed by atoms with Crippen molar-refractivity contribution < 1.29 is 4.74 Å². The van der Waals surface area contributed by atoms with Crippen LogP contribution in [0.25, 0.3) is 10.9 Å². The zero-order valence-electron chi connectivity index (χ0n) is 11.7. The lowest BCUT2D eigenvalue weighted by Crippen LogP contribution is -2.37. The molecule has 0 radical (unpaired) electrons. The van der Waals surface area contributed by atoms with Crippen molar-refractivity contribution in [2.75, 3.05) is 44.7 Å². The van der Waals surface area contributed by atoms with Gasteiger partial charge in [0, 0.05) is 36.9 Å². The summed E-state index contributed by atoms with van der Waals surface area (Å²) >= 11 is 0. The molecule has 1 N–H and O–H groups in total. The van der Waals surface area contributed by atoms with Gasteiger partial charge in [0.25, 0.3) is 0 Å². The van der Waals surface area contributed by atoms with Crippen LogP contribution in [0, 0.1) is 0 Å². The number of nitrogens with zero attached hydrogens (tertiary/aromatic N) is 2. The molecular formula is C16H21N3O. The Kier molecular flexibility index (Phi) is 4.46. The van der Waals surface area contributed by atoms with Crippen LogP contribution in [0.4, 0.5) is 5.69 Å². The minimum absolute atomic E-state index is 0.877. The number of morpholine rings is 1. The first kappa shape index (κ1) is 13.3. The summed E-state index contributed by atoms with van der Waals surface area (Å²) in [5.41, 5.74) is 2.23. The third-order valence-electron chi connectivity index (χ3n) is 3.72. The number of hydrogen-bond donors (Lipinski definition) is 1. The molecule has 1 aliphatic rings. The SMILES string of the molecule is c1ccc2c(NCCCN3CCOCC3)ccnc2c1. The first-order chi connectivity index (χ1) is 9.93. The molecule has 0 spiro atoms. The molecule has 0 unspecified atom stereocenters. The standard InChI is InChI=1S/C16H21N3O/c1-2-5-15-14(4-1)16(6-8-18-15)17-7-3-9-19-10-12-20-13-11-19/h1-2,4-6,8H,3,7,9-13H2,(H,17,18). The molecule has 0 aliphatic carbocycles. The van der Waals surface area contributed by atoms with Crippen molar-refractivity contribution in [2.45, 2.75) is 6.42 Å². The molecule has 0 saturated carbocycles. The van der Waals surface area contributed by atoms with E-state index in [4.69, 9.17) is 4.74 Å². The highest BCUT2D eigenvalue weighted by atomic mass is 16.5. The molecule has 0 atom stereocenters. The molecule has 1 aliphatic heterocycles. The highest BCUT2D eigenvalue weighted by molar-refractivity contribution is 5.90. The van der Waals surface area contributed by atoms with Gasteiger partial charge in [0.2, 0.25) is 0 Å². The summed E-state index contributed by atoms with van der Waals surface area (Å²) in [6.07, 6.45) is 3.02. The molecule has 1 aromatic carbocycles. The summed E-state index contributed by atoms with van der Waals surface area (Å²) in [5, 5.41) is 4.73. The third-order valence-corrected chi connectivity index (χ3v) is 3.72. The predicted octanol–water partition coefficient (Wildman–Crippen LogP) is 2.37. The number of benzene rings is 1. The summed E-state index contributed by atoms with van der Waals surface area (Å²) in [4.78, 5) is 6.85. The van der Waals surface area contributed by atoms with Gasteiger partial charge in [0.1, 0.15) is 0 Å². The topological polar surface area (TPSA) is 37.4 Å². The summed E-state index contributed by atoms with van der Waals surface area (Å²) in [6.45, 7) is 6.02. The van der Waals surface area contributed by atoms with Gasteiger partial charge in [-0.2, -0.15) is 0 Å². The summed E-state index contributed by atoms with van der Waals surface area (Å²) in [6, 6.07) is 10.3. The van der Waals surface area contributed by atoms with E-state index in [-0.39, 0.29) is 0 Å². The number of nitrogens with one attached hydrogen (secondary N) is 1. The van der Waals surface area contributed by atoms with Crippen LogP contribution < -0.4 is 5.32 Å². The van der Waals surface area contributed by atoms with Crippen LogP contribution in [0.1, 0.15) is 6.42 Å². The molecule has 4 nitrogen and oxygen atoms in total. The van der Waals surface area contributed by atoms with E-state index in [1.54, 1.807) is 0 Å². The molecule has 106 valence electrons. The van der Waals surface area contributed by atoms with Gasteiger partial charge in [-0.15, -0.1) is 0 Å². The maximum Gasteiger partial charge on any atom is 0.0722 e. The summed E-state index contributed by atoms with van der Waals surface area (Å²) < 4.78 is 5.36. The molecular weight excluding hydrogens is 250 g/mol. The molecule has 20 heavy (non-hydrogen) atoms. The van der Waals surface area contributed by atoms with Crippen LogP contribution in [0.15, 0.2) is 36.5 Å². The monoisotopic (exact) mass is 271 g/mol. The van der Waals surface area contributed by atoms with Gasteiger partial charge in [-0.05, 0) is 25.1 Å². The second-order valence-electron chi connectivity index (χ2n) is 5.11. The first-order valence-corrected chi connectivity index (χ1v) is 7.31. The Hall–Kier alpha value is -1.65. The number of hydrogen-bond acceptors (Lipinski definition) is 4. The van der Waals surface area contributed by atoms with Crippen molar-refractivity contribution in [2.24, 2.45) is 0 Å². The van der Waals surface area contributed by atoms with Crippen LogP contribution in [-0.4, -0.2) is 49.3 Å². The number of pyridine rings is 1. The Bertz CT molecular complexity index is 547. The van der Waals surface area contributed by atoms with Gasteiger partial charge in [0.05, 0.1) is 18.7 Å². The number of para-hydroxylation sites is 1. The maximum atomic E-state index is 5.36. The largest absolute Gasteiger partial charge is 0.384 e. The summed E-state index contributed by atoms with van der Waals surface area (Å²) in [7, 11) is 0. The van der Waals surface area contributed by atoms with Crippen molar-refractivity contribution in [1.82, 2.24) is 9.88 Å². The lowest BCUT2D eigenvalue weighted by Gasteiger charge is -2.26. The highest BCUT2D eigenvalue weighted by Crippen LogP contribution is 2.20. The average molecular weight is 271 g/mol. The number of anilines is 1. The lowest BCUT2D eigenvalue weighted by atomic mass is 10.2. The van der Waals surface area contributed by atoms with Gasteiger partial charge in [-0.1, -0.05) is 18.2 Å². The normalized spacial score (nSPS) is 16.4. The van der Waals surface area contributed by atoms with E-state index in [0.717, 1.165) is 51.3 Å². The van der Waals surface area contributed by atoms with Crippen molar-refractivity contribution >= 4 is 16.6 Å². The van der Waals surface area contributed by atoms with E-state index in [9.17, 15) is 0 Å². The van der Waals surface area contributed by atoms with Crippen molar-refractivity contribution in [1.29, 1.82) is 0 Å². The maximum absolute atomic E-state index is 5.36. The lowest BCUT2D eigenvalue weighted by molar-refractivity contribution is 0.0378. The quantitative estimate of drug-likeness (QED) is 0.847. The Morgan fingerprint density at radius 2 is 2.00 bits per heavy atom. The fourth-order valence-corrected chi connectivity index (χ4v) is 2.60. The molecule has 1 fully saturated rings. The van der Waals surface area contributed by atoms with Crippen LogP contribution in [0.2, 0.25) is 0 Å². The highest BCUT2D eigenvalue weighted by Gasteiger charge is 2.09. The number of ether oxygens (including phenoxy) is 1. The van der Waals surface area contributed by atoms with E-state index in [2.05, 4.69) is 33.4 Å². The molecule has 4 heteroatoms. The fraction of sp³-hybridized carbons (Fsp3) is 0.438. The zero-order chi connectivity index (χ0) is 13.6. The molecule has 2 heterocycles. The summed E-state index contributed by atoms with van der Waals surface area (Å²) in [5.74, 6) is 0. The van der Waals surface area contributed by atoms with Gasteiger partial charge in [0.15, 0.2) is 0 Å². The molecule has 3 rings (SSSR count). The molecule has 0 bridgehead atoms. The van der Waals surface area contributed by atoms with Crippen LogP contribution in [0.3, 0.4) is 0 Å². The molecule has 2 aromatic rings. The molecule has 1 saturated heterocycles. The van der Waals surface area contributed by atoms with E-state index in [1.165, 1.54) is 11.1 Å². The Balaban J connectivity index is 1.52. The van der Waals surface area contributed by atoms with E-state index < -0.39 is 0 Å². The molecule has 1 aromatic heterocycles. The van der Waals surface area contributed by atoms with Gasteiger partial charge >= 0.3 is 0 Å². The van der Waals surface area contributed by atoms with Crippen molar-refractivity contribution in [3.63, 3.8) is 0 Å². The minimum atomic E-state index is 0.877. The first-order valence-electron chi connectivity index (χ1n) is 7.31. The zero-order valence-corrected chi connectivity index (χ0v) is 11.7. The second-order valence-corrected chi connectivity index (χ2v) is 5.11. The Morgan fingerprint density at radius 1 is 1.15 bits per heavy atom. The number of aromatic nitrogens is 1. The van der Waals surface area contributed by atoms with Crippen molar-refractivity contribution in [3.8, 4) is 0 Å². The Morgan fingerprint density at radius 3 is 2.90 bits per heavy atom. The molecule has 0 amide bonds. The van der Waals surface area contributed by atoms with Gasteiger partial charge in [-0.3, -0.25) is 9.88 Å². The number of fused-ring (bicyclic) bond motifs is 1. The van der Waals surface area contributed by atoms with Gasteiger partial charge < -0.3 is 10.1 Å². The van der Waals surface area contributed by atoms with E-state index >= 15 is 0 Å². The van der Waals surface area contributed by atoms with Crippen LogP contribution >= 0.6 is 0 Å². The smallest absolute Gasteiger partial charge is 0.0722 e. The average Bonchev–Trinajstić information content (AvgIpc) is 2.53. The second kappa shape index (κ2) is 6.68. The van der Waals surface area contributed by atoms with E-state index in [0.29, 0.717) is 0 Å². The Labute approximate surface area is 119 Å². The van der Waals surface area contributed by atoms with Crippen LogP contribution in [-0.2, 0) is 4.74 Å². The number of rotatable bonds is 5. The fourth-order valence-electron chi connectivity index (χ4n) is 2.60. The third kappa shape index (κ3) is 3.26. The van der Waals surface area contributed by atoms with Gasteiger partial charge in [-0.25, -0.2) is 0 Å². The van der Waals surface area contributed by atoms with E-state index in [1.807, 2.05) is 18.3 Å².